The first kappa shape index (κ1) is 35.6. The number of carbonyl (C=O) groups is 3. The average molecular weight is 764 g/mol. The highest BCUT2D eigenvalue weighted by atomic mass is 127. The number of alkyl halides is 1. The fourth-order valence-corrected chi connectivity index (χ4v) is 3.05. The van der Waals surface area contributed by atoms with Crippen molar-refractivity contribution in [3.8, 4) is 17.2 Å². The van der Waals surface area contributed by atoms with Gasteiger partial charge in [0.25, 0.3) is 11.4 Å². The summed E-state index contributed by atoms with van der Waals surface area (Å²) in [4.78, 5) is 51.2. The van der Waals surface area contributed by atoms with Gasteiger partial charge in [0.1, 0.15) is 11.5 Å². The molecule has 0 aliphatic heterocycles. The maximum Gasteiger partial charge on any atom is 0.513 e. The molecular formula is C23H15Cl4IN2O11. The number of nitro groups is 2. The molecule has 3 aromatic carbocycles. The van der Waals surface area contributed by atoms with Crippen molar-refractivity contribution in [2.24, 2.45) is 0 Å². The van der Waals surface area contributed by atoms with Crippen LogP contribution >= 0.6 is 69.0 Å². The molecule has 0 N–H and O–H groups in total. The second-order valence-electron chi connectivity index (χ2n) is 6.70. The van der Waals surface area contributed by atoms with Gasteiger partial charge in [-0.15, -0.1) is 0 Å². The quantitative estimate of drug-likeness (QED) is 0.0273. The topological polar surface area (TPSA) is 174 Å². The maximum atomic E-state index is 11.0. The summed E-state index contributed by atoms with van der Waals surface area (Å²) in [5.41, 5.74) is -1.12. The number of carbonyl (C=O) groups excluding carboxylic acids is 3. The van der Waals surface area contributed by atoms with Crippen molar-refractivity contribution in [2.45, 2.75) is 0 Å². The normalized spacial score (nSPS) is 9.51. The van der Waals surface area contributed by atoms with Crippen molar-refractivity contribution in [1.82, 2.24) is 0 Å². The van der Waals surface area contributed by atoms with Gasteiger partial charge in [-0.25, -0.2) is 9.59 Å². The third-order valence-electron chi connectivity index (χ3n) is 3.97. The van der Waals surface area contributed by atoms with Crippen LogP contribution in [-0.4, -0.2) is 38.9 Å². The average Bonchev–Trinajstić information content (AvgIpc) is 2.92. The minimum atomic E-state index is -0.978. The van der Waals surface area contributed by atoms with Crippen LogP contribution in [0.3, 0.4) is 0 Å². The summed E-state index contributed by atoms with van der Waals surface area (Å²) in [5, 5.41) is 21.4. The molecule has 13 nitrogen and oxygen atoms in total. The lowest BCUT2D eigenvalue weighted by Crippen LogP contribution is -2.08. The molecule has 0 aliphatic rings. The SMILES string of the molecule is COC(=O)Oc1ccc([N+](=O)[O-])cc1.O=C(CI)Oc1cc(Cl)c(Cl)cc1Cl.O=C(Cl)Oc1ccc([N+](=O)[O-])cc1. The third kappa shape index (κ3) is 13.7. The summed E-state index contributed by atoms with van der Waals surface area (Å²) in [5.74, 6) is 0.210. The zero-order valence-corrected chi connectivity index (χ0v) is 25.4. The van der Waals surface area contributed by atoms with Crippen LogP contribution < -0.4 is 14.2 Å². The van der Waals surface area contributed by atoms with Gasteiger partial charge in [-0.3, -0.25) is 25.0 Å². The summed E-state index contributed by atoms with van der Waals surface area (Å²) < 4.78 is 18.5. The van der Waals surface area contributed by atoms with Crippen molar-refractivity contribution in [1.29, 1.82) is 0 Å². The van der Waals surface area contributed by atoms with E-state index in [4.69, 9.17) is 51.1 Å². The lowest BCUT2D eigenvalue weighted by Gasteiger charge is -2.05. The fourth-order valence-electron chi connectivity index (χ4n) is 2.23. The second-order valence-corrected chi connectivity index (χ2v) is 9.00. The Morgan fingerprint density at radius 3 is 1.59 bits per heavy atom. The molecule has 0 aliphatic carbocycles. The summed E-state index contributed by atoms with van der Waals surface area (Å²) >= 11 is 24.0. The van der Waals surface area contributed by atoms with E-state index in [0.717, 1.165) is 0 Å². The number of non-ortho nitro benzene ring substituents is 2. The number of hydrogen-bond donors (Lipinski definition) is 0. The summed E-state index contributed by atoms with van der Waals surface area (Å²) in [6, 6.07) is 13.0. The Bertz CT molecular complexity index is 1390. The van der Waals surface area contributed by atoms with Gasteiger partial charge in [0.15, 0.2) is 5.75 Å². The molecule has 218 valence electrons. The van der Waals surface area contributed by atoms with E-state index < -0.39 is 21.4 Å². The zero-order chi connectivity index (χ0) is 31.1. The zero-order valence-electron chi connectivity index (χ0n) is 20.3. The van der Waals surface area contributed by atoms with Crippen LogP contribution in [0.25, 0.3) is 0 Å². The summed E-state index contributed by atoms with van der Waals surface area (Å²) in [6.45, 7) is 0. The van der Waals surface area contributed by atoms with E-state index in [0.29, 0.717) is 10.0 Å². The number of esters is 1. The van der Waals surface area contributed by atoms with Gasteiger partial charge in [-0.2, -0.15) is 0 Å². The molecule has 0 aromatic heterocycles. The Kier molecular flexibility index (Phi) is 15.7. The molecule has 0 fully saturated rings. The standard InChI is InChI=1S/C8H4Cl3IO2.C8H7NO5.C7H4ClNO4/c9-4-1-6(11)7(2-5(4)10)14-8(13)3-12;1-13-8(10)14-7-4-2-6(3-5-7)9(11)12;8-7(10)13-6-3-1-5(2-4-6)9(11)12/h1-2H,3H2;2-5H,1H3;1-4H. The number of rotatable bonds is 6. The van der Waals surface area contributed by atoms with Crippen LogP contribution in [0.2, 0.25) is 15.1 Å². The van der Waals surface area contributed by atoms with E-state index in [1.54, 1.807) is 0 Å². The van der Waals surface area contributed by atoms with Crippen LogP contribution in [0, 0.1) is 20.2 Å². The molecule has 18 heteroatoms. The highest BCUT2D eigenvalue weighted by Gasteiger charge is 2.11. The van der Waals surface area contributed by atoms with Crippen LogP contribution in [0.1, 0.15) is 0 Å². The van der Waals surface area contributed by atoms with Gasteiger partial charge in [0, 0.05) is 41.9 Å². The van der Waals surface area contributed by atoms with Crippen LogP contribution in [0.5, 0.6) is 17.2 Å². The first-order valence-corrected chi connectivity index (χ1v) is 13.3. The molecule has 0 saturated carbocycles. The first-order chi connectivity index (χ1) is 19.3. The predicted molar refractivity (Wildman–Crippen MR) is 157 cm³/mol. The van der Waals surface area contributed by atoms with Gasteiger partial charge in [0.2, 0.25) is 0 Å². The molecule has 0 heterocycles. The predicted octanol–water partition coefficient (Wildman–Crippen LogP) is 8.06. The maximum absolute atomic E-state index is 11.0. The Morgan fingerprint density at radius 1 is 0.756 bits per heavy atom. The number of ether oxygens (including phenoxy) is 4. The highest BCUT2D eigenvalue weighted by molar-refractivity contribution is 14.1. The van der Waals surface area contributed by atoms with Crippen LogP contribution in [-0.2, 0) is 9.53 Å². The molecule has 0 saturated heterocycles. The number of hydrogen-bond acceptors (Lipinski definition) is 11. The van der Waals surface area contributed by atoms with Gasteiger partial charge < -0.3 is 18.9 Å². The number of benzene rings is 3. The summed E-state index contributed by atoms with van der Waals surface area (Å²) in [6.07, 6.45) is -0.862. The first-order valence-electron chi connectivity index (χ1n) is 10.3. The number of nitro benzene ring substituents is 2. The third-order valence-corrected chi connectivity index (χ3v) is 5.69. The molecule has 3 rings (SSSR count). The monoisotopic (exact) mass is 762 g/mol. The molecule has 0 unspecified atom stereocenters. The van der Waals surface area contributed by atoms with Gasteiger partial charge >= 0.3 is 17.6 Å². The van der Waals surface area contributed by atoms with Crippen molar-refractivity contribution < 1.29 is 43.2 Å². The van der Waals surface area contributed by atoms with Crippen LogP contribution in [0.4, 0.5) is 21.0 Å². The fraction of sp³-hybridized carbons (Fsp3) is 0.0870. The molecule has 0 atom stereocenters. The van der Waals surface area contributed by atoms with E-state index in [-0.39, 0.29) is 44.0 Å². The highest BCUT2D eigenvalue weighted by Crippen LogP contribution is 2.34. The lowest BCUT2D eigenvalue weighted by molar-refractivity contribution is -0.385. The number of methoxy groups -OCH3 is 1. The van der Waals surface area contributed by atoms with Crippen molar-refractivity contribution in [3.63, 3.8) is 0 Å². The van der Waals surface area contributed by atoms with Gasteiger partial charge in [-0.1, -0.05) is 57.4 Å². The molecule has 0 spiro atoms. The van der Waals surface area contributed by atoms with Gasteiger partial charge in [-0.05, 0) is 30.3 Å². The smallest absolute Gasteiger partial charge is 0.437 e. The second kappa shape index (κ2) is 18.1. The summed E-state index contributed by atoms with van der Waals surface area (Å²) in [7, 11) is 1.17. The molecule has 0 amide bonds. The van der Waals surface area contributed by atoms with Crippen molar-refractivity contribution in [2.75, 3.05) is 11.5 Å². The minimum absolute atomic E-state index is 0.0674. The molecule has 3 aromatic rings. The van der Waals surface area contributed by atoms with Crippen LogP contribution in [0.15, 0.2) is 60.7 Å². The number of halogens is 5. The van der Waals surface area contributed by atoms with Gasteiger partial charge in [0.05, 0.1) is 36.5 Å². The number of nitrogens with zero attached hydrogens (tertiary/aromatic N) is 2. The molecule has 0 radical (unpaired) electrons. The van der Waals surface area contributed by atoms with Crippen molar-refractivity contribution >= 4 is 97.9 Å². The minimum Gasteiger partial charge on any atom is -0.437 e. The van der Waals surface area contributed by atoms with E-state index in [2.05, 4.69) is 14.2 Å². The Labute approximate surface area is 264 Å². The molecular weight excluding hydrogens is 749 g/mol. The Hall–Kier alpha value is -3.44. The Balaban J connectivity index is 0.000000308. The van der Waals surface area contributed by atoms with E-state index >= 15 is 0 Å². The van der Waals surface area contributed by atoms with E-state index in [9.17, 15) is 34.6 Å². The molecule has 41 heavy (non-hydrogen) atoms. The molecule has 0 bridgehead atoms. The lowest BCUT2D eigenvalue weighted by atomic mass is 10.3. The van der Waals surface area contributed by atoms with Crippen molar-refractivity contribution in [3.05, 3.63) is 96.0 Å². The Morgan fingerprint density at radius 2 is 1.20 bits per heavy atom. The van der Waals surface area contributed by atoms with E-state index in [1.807, 2.05) is 22.6 Å². The largest absolute Gasteiger partial charge is 0.513 e. The van der Waals surface area contributed by atoms with E-state index in [1.165, 1.54) is 67.8 Å².